The van der Waals surface area contributed by atoms with Crippen LogP contribution >= 0.6 is 7.60 Å². The Morgan fingerprint density at radius 3 is 2.13 bits per heavy atom. The first-order valence-electron chi connectivity index (χ1n) is 13.6. The van der Waals surface area contributed by atoms with E-state index in [4.69, 9.17) is 9.05 Å². The van der Waals surface area contributed by atoms with Gasteiger partial charge in [0, 0.05) is 0 Å². The van der Waals surface area contributed by atoms with Crippen LogP contribution in [0.5, 0.6) is 0 Å². The second-order valence-corrected chi connectivity index (χ2v) is 12.0. The quantitative estimate of drug-likeness (QED) is 0.177. The molecule has 3 rings (SSSR count). The lowest BCUT2D eigenvalue weighted by Crippen LogP contribution is -2.36. The van der Waals surface area contributed by atoms with Crippen molar-refractivity contribution in [3.8, 4) is 11.1 Å². The number of hydrogen-bond donors (Lipinski definition) is 1. The van der Waals surface area contributed by atoms with Crippen LogP contribution in [-0.4, -0.2) is 31.8 Å². The summed E-state index contributed by atoms with van der Waals surface area (Å²) in [6, 6.07) is 12.7. The summed E-state index contributed by atoms with van der Waals surface area (Å²) in [5.41, 5.74) is 2.95. The zero-order valence-electron chi connectivity index (χ0n) is 22.5. The molecule has 2 aromatic rings. The fourth-order valence-electron chi connectivity index (χ4n) is 4.90. The predicted octanol–water partition coefficient (Wildman–Crippen LogP) is 8.54. The van der Waals surface area contributed by atoms with E-state index in [2.05, 4.69) is 12.2 Å². The van der Waals surface area contributed by atoms with Gasteiger partial charge in [-0.05, 0) is 47.1 Å². The molecule has 0 bridgehead atoms. The molecular formula is C29H39F3NO4P. The summed E-state index contributed by atoms with van der Waals surface area (Å²) in [6.07, 6.45) is 1.00. The maximum Gasteiger partial charge on any atom is 0.405 e. The normalized spacial score (nSPS) is 15.7. The van der Waals surface area contributed by atoms with Crippen LogP contribution in [0, 0.1) is 0 Å². The SMILES string of the molecule is CCCCOP(=O)(OCCCC)C(CCCC)c1cccc2c1-c1ccccc1C2C(=O)NCC(F)(F)F. The minimum absolute atomic E-state index is 0.316. The third-order valence-corrected chi connectivity index (χ3v) is 9.20. The molecular weight excluding hydrogens is 514 g/mol. The molecule has 0 spiro atoms. The topological polar surface area (TPSA) is 64.6 Å². The van der Waals surface area contributed by atoms with E-state index >= 15 is 0 Å². The van der Waals surface area contributed by atoms with Crippen molar-refractivity contribution >= 4 is 13.5 Å². The number of unbranched alkanes of at least 4 members (excludes halogenated alkanes) is 3. The van der Waals surface area contributed by atoms with E-state index in [9.17, 15) is 22.5 Å². The maximum absolute atomic E-state index is 14.5. The van der Waals surface area contributed by atoms with E-state index in [-0.39, 0.29) is 0 Å². The zero-order chi connectivity index (χ0) is 27.8. The van der Waals surface area contributed by atoms with Crippen LogP contribution in [0.15, 0.2) is 42.5 Å². The van der Waals surface area contributed by atoms with Gasteiger partial charge >= 0.3 is 13.8 Å². The number of benzene rings is 2. The van der Waals surface area contributed by atoms with Crippen LogP contribution < -0.4 is 5.32 Å². The van der Waals surface area contributed by atoms with Crippen LogP contribution in [0.2, 0.25) is 0 Å². The molecule has 38 heavy (non-hydrogen) atoms. The van der Waals surface area contributed by atoms with Gasteiger partial charge in [-0.25, -0.2) is 0 Å². The van der Waals surface area contributed by atoms with Crippen molar-refractivity contribution in [1.82, 2.24) is 5.32 Å². The predicted molar refractivity (Wildman–Crippen MR) is 144 cm³/mol. The average molecular weight is 554 g/mol. The Bertz CT molecular complexity index is 1110. The van der Waals surface area contributed by atoms with E-state index in [0.717, 1.165) is 55.2 Å². The Kier molecular flexibility index (Phi) is 11.0. The minimum atomic E-state index is -4.51. The summed E-state index contributed by atoms with van der Waals surface area (Å²) in [7, 11) is -3.61. The number of halogens is 3. The molecule has 1 amide bonds. The van der Waals surface area contributed by atoms with E-state index in [1.807, 2.05) is 32.0 Å². The van der Waals surface area contributed by atoms with Crippen molar-refractivity contribution in [2.45, 2.75) is 83.5 Å². The van der Waals surface area contributed by atoms with Crippen LogP contribution in [0.25, 0.3) is 11.1 Å². The van der Waals surface area contributed by atoms with Crippen molar-refractivity contribution in [2.24, 2.45) is 0 Å². The van der Waals surface area contributed by atoms with E-state index in [1.165, 1.54) is 0 Å². The Balaban J connectivity index is 2.12. The molecule has 5 nitrogen and oxygen atoms in total. The molecule has 0 aliphatic heterocycles. The van der Waals surface area contributed by atoms with Gasteiger partial charge in [-0.15, -0.1) is 0 Å². The van der Waals surface area contributed by atoms with Gasteiger partial charge in [0.05, 0.1) is 24.8 Å². The first kappa shape index (κ1) is 30.4. The number of carbonyl (C=O) groups excluding carboxylic acids is 1. The zero-order valence-corrected chi connectivity index (χ0v) is 23.4. The lowest BCUT2D eigenvalue weighted by Gasteiger charge is -2.29. The number of fused-ring (bicyclic) bond motifs is 3. The van der Waals surface area contributed by atoms with E-state index in [0.29, 0.717) is 30.8 Å². The fourth-order valence-corrected chi connectivity index (χ4v) is 7.16. The van der Waals surface area contributed by atoms with E-state index < -0.39 is 37.8 Å². The van der Waals surface area contributed by atoms with E-state index in [1.54, 1.807) is 24.3 Å². The van der Waals surface area contributed by atoms with Gasteiger partial charge in [0.1, 0.15) is 6.54 Å². The van der Waals surface area contributed by atoms with Crippen molar-refractivity contribution in [3.63, 3.8) is 0 Å². The highest BCUT2D eigenvalue weighted by Crippen LogP contribution is 2.65. The monoisotopic (exact) mass is 553 g/mol. The summed E-state index contributed by atoms with van der Waals surface area (Å²) in [5.74, 6) is -1.60. The molecule has 0 radical (unpaired) electrons. The number of alkyl halides is 3. The summed E-state index contributed by atoms with van der Waals surface area (Å²) in [5, 5.41) is 2.06. The molecule has 1 aliphatic rings. The molecule has 2 aromatic carbocycles. The van der Waals surface area contributed by atoms with Gasteiger partial charge in [-0.1, -0.05) is 88.9 Å². The van der Waals surface area contributed by atoms with Gasteiger partial charge in [-0.2, -0.15) is 13.2 Å². The van der Waals surface area contributed by atoms with Crippen molar-refractivity contribution in [1.29, 1.82) is 0 Å². The fraction of sp³-hybridized carbons (Fsp3) is 0.552. The first-order valence-corrected chi connectivity index (χ1v) is 15.2. The molecule has 210 valence electrons. The second-order valence-electron chi connectivity index (χ2n) is 9.74. The molecule has 1 aliphatic carbocycles. The van der Waals surface area contributed by atoms with Gasteiger partial charge < -0.3 is 14.4 Å². The number of rotatable bonds is 15. The standard InChI is InChI=1S/C29H39F3NO4P/c1-4-7-17-25(38(35,36-18-8-5-2)37-19-9-6-3)23-15-12-16-24-26(23)21-13-10-11-14-22(21)27(24)28(34)33-20-29(30,31)32/h10-16,25,27H,4-9,17-20H2,1-3H3,(H,33,34). The number of carbonyl (C=O) groups is 1. The molecule has 0 saturated heterocycles. The Labute approximate surface area is 224 Å². The van der Waals surface area contributed by atoms with Crippen LogP contribution in [0.3, 0.4) is 0 Å². The third-order valence-electron chi connectivity index (χ3n) is 6.82. The lowest BCUT2D eigenvalue weighted by atomic mass is 9.93. The number of amides is 1. The summed E-state index contributed by atoms with van der Waals surface area (Å²) in [4.78, 5) is 13.1. The molecule has 0 heterocycles. The molecule has 2 unspecified atom stereocenters. The molecule has 0 fully saturated rings. The molecule has 9 heteroatoms. The molecule has 2 atom stereocenters. The van der Waals surface area contributed by atoms with Crippen molar-refractivity contribution < 1.29 is 31.6 Å². The van der Waals surface area contributed by atoms with Crippen LogP contribution in [-0.2, 0) is 18.4 Å². The smallest absolute Gasteiger partial charge is 0.346 e. The summed E-state index contributed by atoms with van der Waals surface area (Å²) >= 11 is 0. The van der Waals surface area contributed by atoms with Crippen molar-refractivity contribution in [3.05, 3.63) is 59.2 Å². The second kappa shape index (κ2) is 13.8. The van der Waals surface area contributed by atoms with Crippen molar-refractivity contribution in [2.75, 3.05) is 19.8 Å². The lowest BCUT2D eigenvalue weighted by molar-refractivity contribution is -0.138. The largest absolute Gasteiger partial charge is 0.405 e. The Morgan fingerprint density at radius 1 is 0.921 bits per heavy atom. The first-order chi connectivity index (χ1) is 18.2. The van der Waals surface area contributed by atoms with Crippen LogP contribution in [0.4, 0.5) is 13.2 Å². The Morgan fingerprint density at radius 2 is 1.53 bits per heavy atom. The number of hydrogen-bond acceptors (Lipinski definition) is 4. The van der Waals surface area contributed by atoms with Gasteiger partial charge in [0.2, 0.25) is 5.91 Å². The molecule has 0 aromatic heterocycles. The van der Waals surface area contributed by atoms with Gasteiger partial charge in [0.25, 0.3) is 0 Å². The minimum Gasteiger partial charge on any atom is -0.346 e. The highest BCUT2D eigenvalue weighted by atomic mass is 31.2. The average Bonchev–Trinajstić information content (AvgIpc) is 3.22. The van der Waals surface area contributed by atoms with Gasteiger partial charge in [-0.3, -0.25) is 9.36 Å². The number of nitrogens with one attached hydrogen (secondary N) is 1. The highest BCUT2D eigenvalue weighted by molar-refractivity contribution is 7.54. The Hall–Kier alpha value is -2.15. The maximum atomic E-state index is 14.5. The van der Waals surface area contributed by atoms with Gasteiger partial charge in [0.15, 0.2) is 0 Å². The van der Waals surface area contributed by atoms with Crippen LogP contribution in [0.1, 0.15) is 94.0 Å². The molecule has 0 saturated carbocycles. The third kappa shape index (κ3) is 7.28. The molecule has 1 N–H and O–H groups in total. The highest BCUT2D eigenvalue weighted by Gasteiger charge is 2.42. The summed E-state index contributed by atoms with van der Waals surface area (Å²) < 4.78 is 65.3. The summed E-state index contributed by atoms with van der Waals surface area (Å²) in [6.45, 7) is 5.36.